The zero-order valence-electron chi connectivity index (χ0n) is 17.1. The summed E-state index contributed by atoms with van der Waals surface area (Å²) in [5, 5.41) is 0. The lowest BCUT2D eigenvalue weighted by atomic mass is 9.77. The number of ether oxygens (including phenoxy) is 1. The molecule has 1 unspecified atom stereocenters. The largest absolute Gasteiger partial charge is 0.492 e. The smallest absolute Gasteiger partial charge is 0.127 e. The van der Waals surface area contributed by atoms with Gasteiger partial charge in [-0.1, -0.05) is 77.4 Å². The summed E-state index contributed by atoms with van der Waals surface area (Å²) < 4.78 is 6.29. The molecule has 0 aromatic heterocycles. The third kappa shape index (κ3) is 3.34. The van der Waals surface area contributed by atoms with Gasteiger partial charge in [-0.3, -0.25) is 0 Å². The standard InChI is InChI=1S/C24H32O/c1-15-9-10-16(2)18(11-15)20-14-25-22-19(20)12-17(23(3,4)5)13-21(22)24(6,7)8/h9-13,20H,14H2,1-8H3. The van der Waals surface area contributed by atoms with E-state index in [2.05, 4.69) is 85.7 Å². The molecule has 0 bridgehead atoms. The molecule has 25 heavy (non-hydrogen) atoms. The summed E-state index contributed by atoms with van der Waals surface area (Å²) in [5.41, 5.74) is 8.38. The molecule has 0 N–H and O–H groups in total. The zero-order chi connectivity index (χ0) is 18.6. The molecule has 1 nitrogen and oxygen atoms in total. The minimum Gasteiger partial charge on any atom is -0.492 e. The highest BCUT2D eigenvalue weighted by Crippen LogP contribution is 2.47. The SMILES string of the molecule is Cc1ccc(C)c(C2COc3c2cc(C(C)(C)C)cc3C(C)(C)C)c1. The summed E-state index contributed by atoms with van der Waals surface area (Å²) >= 11 is 0. The third-order valence-electron chi connectivity index (χ3n) is 5.37. The van der Waals surface area contributed by atoms with Crippen LogP contribution in [0.1, 0.15) is 80.8 Å². The molecule has 1 heterocycles. The van der Waals surface area contributed by atoms with E-state index in [1.807, 2.05) is 0 Å². The number of hydrogen-bond donors (Lipinski definition) is 0. The van der Waals surface area contributed by atoms with Crippen LogP contribution in [-0.4, -0.2) is 6.61 Å². The van der Waals surface area contributed by atoms with E-state index in [0.717, 1.165) is 12.4 Å². The molecule has 134 valence electrons. The van der Waals surface area contributed by atoms with Crippen molar-refractivity contribution in [1.82, 2.24) is 0 Å². The predicted octanol–water partition coefficient (Wildman–Crippen LogP) is 6.42. The van der Waals surface area contributed by atoms with E-state index in [1.54, 1.807) is 0 Å². The maximum absolute atomic E-state index is 6.29. The normalized spacial score (nSPS) is 17.4. The molecule has 1 aliphatic rings. The van der Waals surface area contributed by atoms with E-state index in [9.17, 15) is 0 Å². The monoisotopic (exact) mass is 336 g/mol. The van der Waals surface area contributed by atoms with Crippen LogP contribution in [0, 0.1) is 13.8 Å². The molecule has 0 fully saturated rings. The maximum atomic E-state index is 6.29. The number of fused-ring (bicyclic) bond motifs is 1. The van der Waals surface area contributed by atoms with Crippen LogP contribution in [0.4, 0.5) is 0 Å². The first kappa shape index (κ1) is 18.0. The zero-order valence-corrected chi connectivity index (χ0v) is 17.1. The van der Waals surface area contributed by atoms with Crippen molar-refractivity contribution < 1.29 is 4.74 Å². The third-order valence-corrected chi connectivity index (χ3v) is 5.37. The lowest BCUT2D eigenvalue weighted by molar-refractivity contribution is 0.334. The van der Waals surface area contributed by atoms with Crippen LogP contribution >= 0.6 is 0 Å². The van der Waals surface area contributed by atoms with Crippen LogP contribution in [0.2, 0.25) is 0 Å². The van der Waals surface area contributed by atoms with Crippen LogP contribution in [0.3, 0.4) is 0 Å². The molecule has 2 aromatic rings. The summed E-state index contributed by atoms with van der Waals surface area (Å²) in [6.07, 6.45) is 0. The Morgan fingerprint density at radius 3 is 2.12 bits per heavy atom. The van der Waals surface area contributed by atoms with Crippen LogP contribution in [0.5, 0.6) is 5.75 Å². The first-order valence-corrected chi connectivity index (χ1v) is 9.37. The van der Waals surface area contributed by atoms with E-state index in [-0.39, 0.29) is 10.8 Å². The van der Waals surface area contributed by atoms with Gasteiger partial charge in [-0.05, 0) is 41.4 Å². The molecule has 1 heteroatoms. The Kier molecular flexibility index (Phi) is 4.26. The Bertz CT molecular complexity index is 800. The van der Waals surface area contributed by atoms with Crippen LogP contribution < -0.4 is 4.74 Å². The van der Waals surface area contributed by atoms with Crippen molar-refractivity contribution in [1.29, 1.82) is 0 Å². The Balaban J connectivity index is 2.23. The summed E-state index contributed by atoms with van der Waals surface area (Å²) in [6.45, 7) is 18.9. The van der Waals surface area contributed by atoms with Gasteiger partial charge in [-0.25, -0.2) is 0 Å². The van der Waals surface area contributed by atoms with E-state index >= 15 is 0 Å². The van der Waals surface area contributed by atoms with Crippen LogP contribution in [0.25, 0.3) is 0 Å². The van der Waals surface area contributed by atoms with E-state index in [4.69, 9.17) is 4.74 Å². The lowest BCUT2D eigenvalue weighted by Gasteiger charge is -2.27. The molecule has 1 atom stereocenters. The fourth-order valence-corrected chi connectivity index (χ4v) is 3.71. The van der Waals surface area contributed by atoms with Gasteiger partial charge < -0.3 is 4.74 Å². The molecule has 0 radical (unpaired) electrons. The summed E-state index contributed by atoms with van der Waals surface area (Å²) in [4.78, 5) is 0. The van der Waals surface area contributed by atoms with E-state index in [1.165, 1.54) is 33.4 Å². The van der Waals surface area contributed by atoms with Gasteiger partial charge in [0.25, 0.3) is 0 Å². The molecular formula is C24H32O. The fourth-order valence-electron chi connectivity index (χ4n) is 3.71. The quantitative estimate of drug-likeness (QED) is 0.583. The minimum atomic E-state index is 0.0713. The second kappa shape index (κ2) is 5.90. The molecule has 1 aliphatic heterocycles. The summed E-state index contributed by atoms with van der Waals surface area (Å²) in [6, 6.07) is 11.5. The van der Waals surface area contributed by atoms with E-state index < -0.39 is 0 Å². The first-order chi connectivity index (χ1) is 11.5. The van der Waals surface area contributed by atoms with Gasteiger partial charge in [-0.2, -0.15) is 0 Å². The number of benzene rings is 2. The fraction of sp³-hybridized carbons (Fsp3) is 0.500. The number of aryl methyl sites for hydroxylation is 2. The van der Waals surface area contributed by atoms with Crippen molar-refractivity contribution in [2.75, 3.05) is 6.61 Å². The van der Waals surface area contributed by atoms with Crippen molar-refractivity contribution in [2.24, 2.45) is 0 Å². The second-order valence-corrected chi connectivity index (χ2v) is 9.67. The highest BCUT2D eigenvalue weighted by molar-refractivity contribution is 5.56. The van der Waals surface area contributed by atoms with Gasteiger partial charge in [0.1, 0.15) is 5.75 Å². The van der Waals surface area contributed by atoms with Crippen LogP contribution in [0.15, 0.2) is 30.3 Å². The molecular weight excluding hydrogens is 304 g/mol. The molecule has 0 amide bonds. The molecule has 0 saturated heterocycles. The Hall–Kier alpha value is -1.76. The maximum Gasteiger partial charge on any atom is 0.127 e. The lowest BCUT2D eigenvalue weighted by Crippen LogP contribution is -2.17. The average molecular weight is 337 g/mol. The molecule has 0 aliphatic carbocycles. The molecule has 0 saturated carbocycles. The number of hydrogen-bond acceptors (Lipinski definition) is 1. The van der Waals surface area contributed by atoms with Crippen molar-refractivity contribution in [3.05, 3.63) is 63.7 Å². The van der Waals surface area contributed by atoms with Crippen molar-refractivity contribution >= 4 is 0 Å². The van der Waals surface area contributed by atoms with Gasteiger partial charge in [0.15, 0.2) is 0 Å². The van der Waals surface area contributed by atoms with Gasteiger partial charge >= 0.3 is 0 Å². The molecule has 0 spiro atoms. The van der Waals surface area contributed by atoms with E-state index in [0.29, 0.717) is 5.92 Å². The van der Waals surface area contributed by atoms with Gasteiger partial charge in [0.2, 0.25) is 0 Å². The highest BCUT2D eigenvalue weighted by atomic mass is 16.5. The predicted molar refractivity (Wildman–Crippen MR) is 107 cm³/mol. The number of rotatable bonds is 1. The van der Waals surface area contributed by atoms with Gasteiger partial charge in [0, 0.05) is 17.0 Å². The second-order valence-electron chi connectivity index (χ2n) is 9.67. The highest BCUT2D eigenvalue weighted by Gasteiger charge is 2.34. The van der Waals surface area contributed by atoms with Gasteiger partial charge in [-0.15, -0.1) is 0 Å². The molecule has 2 aromatic carbocycles. The minimum absolute atomic E-state index is 0.0713. The Labute approximate surface area is 153 Å². The summed E-state index contributed by atoms with van der Waals surface area (Å²) in [5.74, 6) is 1.45. The summed E-state index contributed by atoms with van der Waals surface area (Å²) in [7, 11) is 0. The average Bonchev–Trinajstić information content (AvgIpc) is 2.90. The van der Waals surface area contributed by atoms with Crippen molar-refractivity contribution in [3.63, 3.8) is 0 Å². The topological polar surface area (TPSA) is 9.23 Å². The first-order valence-electron chi connectivity index (χ1n) is 9.37. The van der Waals surface area contributed by atoms with Gasteiger partial charge in [0.05, 0.1) is 6.61 Å². The van der Waals surface area contributed by atoms with Crippen molar-refractivity contribution in [2.45, 2.75) is 72.1 Å². The Morgan fingerprint density at radius 1 is 0.840 bits per heavy atom. The molecule has 3 rings (SSSR count). The van der Waals surface area contributed by atoms with Crippen molar-refractivity contribution in [3.8, 4) is 5.75 Å². The Morgan fingerprint density at radius 2 is 1.52 bits per heavy atom. The van der Waals surface area contributed by atoms with Crippen LogP contribution in [-0.2, 0) is 10.8 Å².